The molecule has 1 aliphatic rings. The molecule has 0 radical (unpaired) electrons. The fourth-order valence-corrected chi connectivity index (χ4v) is 2.33. The standard InChI is InChI=1S/C17H32N2O5/c1-12(2)11-23-16(22)19-8-6-13(7-9-19)18-10-14(20)15(21)24-17(3,4)5/h12-14,18,20H,6-11H2,1-5H3. The van der Waals surface area contributed by atoms with E-state index in [0.29, 0.717) is 25.6 Å². The van der Waals surface area contributed by atoms with Crippen molar-refractivity contribution in [3.8, 4) is 0 Å². The number of nitrogens with one attached hydrogen (secondary N) is 1. The van der Waals surface area contributed by atoms with Gasteiger partial charge in [0.1, 0.15) is 5.60 Å². The number of nitrogens with zero attached hydrogens (tertiary/aromatic N) is 1. The first kappa shape index (κ1) is 20.7. The number of carbonyl (C=O) groups excluding carboxylic acids is 2. The predicted octanol–water partition coefficient (Wildman–Crippen LogP) is 1.54. The Kier molecular flexibility index (Phi) is 7.96. The number of carbonyl (C=O) groups is 2. The number of ether oxygens (including phenoxy) is 2. The number of aliphatic hydroxyl groups is 1. The predicted molar refractivity (Wildman–Crippen MR) is 90.6 cm³/mol. The number of rotatable bonds is 6. The summed E-state index contributed by atoms with van der Waals surface area (Å²) in [7, 11) is 0. The minimum Gasteiger partial charge on any atom is -0.458 e. The minimum atomic E-state index is -1.18. The van der Waals surface area contributed by atoms with Crippen LogP contribution in [0.15, 0.2) is 0 Å². The summed E-state index contributed by atoms with van der Waals surface area (Å²) < 4.78 is 10.4. The second-order valence-corrected chi connectivity index (χ2v) is 7.69. The lowest BCUT2D eigenvalue weighted by atomic mass is 10.1. The average molecular weight is 344 g/mol. The van der Waals surface area contributed by atoms with Crippen molar-refractivity contribution in [1.82, 2.24) is 10.2 Å². The molecule has 1 aliphatic heterocycles. The van der Waals surface area contributed by atoms with Crippen molar-refractivity contribution in [1.29, 1.82) is 0 Å². The van der Waals surface area contributed by atoms with E-state index in [9.17, 15) is 14.7 Å². The lowest BCUT2D eigenvalue weighted by Crippen LogP contribution is -2.48. The van der Waals surface area contributed by atoms with Gasteiger partial charge in [0, 0.05) is 25.7 Å². The van der Waals surface area contributed by atoms with Gasteiger partial charge < -0.3 is 24.8 Å². The average Bonchev–Trinajstić information content (AvgIpc) is 2.49. The molecule has 1 rings (SSSR count). The maximum atomic E-state index is 11.9. The van der Waals surface area contributed by atoms with Crippen molar-refractivity contribution < 1.29 is 24.2 Å². The van der Waals surface area contributed by atoms with Crippen molar-refractivity contribution in [2.24, 2.45) is 5.92 Å². The molecule has 0 aliphatic carbocycles. The third-order valence-electron chi connectivity index (χ3n) is 3.57. The van der Waals surface area contributed by atoms with Gasteiger partial charge in [-0.3, -0.25) is 0 Å². The SMILES string of the molecule is CC(C)COC(=O)N1CCC(NCC(O)C(=O)OC(C)(C)C)CC1. The summed E-state index contributed by atoms with van der Waals surface area (Å²) in [5.74, 6) is -0.299. The fraction of sp³-hybridized carbons (Fsp3) is 0.882. The topological polar surface area (TPSA) is 88.1 Å². The first-order chi connectivity index (χ1) is 11.1. The van der Waals surface area contributed by atoms with Gasteiger partial charge in [0.25, 0.3) is 0 Å². The van der Waals surface area contributed by atoms with Gasteiger partial charge in [0.2, 0.25) is 0 Å². The third kappa shape index (κ3) is 7.97. The second-order valence-electron chi connectivity index (χ2n) is 7.69. The van der Waals surface area contributed by atoms with E-state index < -0.39 is 17.7 Å². The molecule has 1 fully saturated rings. The van der Waals surface area contributed by atoms with Gasteiger partial charge in [-0.05, 0) is 39.5 Å². The van der Waals surface area contributed by atoms with Gasteiger partial charge in [0.05, 0.1) is 6.61 Å². The number of likely N-dealkylation sites (tertiary alicyclic amines) is 1. The third-order valence-corrected chi connectivity index (χ3v) is 3.57. The van der Waals surface area contributed by atoms with Crippen LogP contribution in [0.1, 0.15) is 47.5 Å². The van der Waals surface area contributed by atoms with Crippen molar-refractivity contribution in [3.05, 3.63) is 0 Å². The van der Waals surface area contributed by atoms with Gasteiger partial charge in [-0.1, -0.05) is 13.8 Å². The summed E-state index contributed by atoms with van der Waals surface area (Å²) in [4.78, 5) is 25.3. The molecule has 24 heavy (non-hydrogen) atoms. The van der Waals surface area contributed by atoms with Crippen molar-refractivity contribution in [2.45, 2.75) is 65.2 Å². The number of esters is 1. The normalized spacial score (nSPS) is 17.7. The van der Waals surface area contributed by atoms with Crippen LogP contribution >= 0.6 is 0 Å². The Morgan fingerprint density at radius 1 is 1.25 bits per heavy atom. The molecule has 1 amide bonds. The molecule has 0 aromatic heterocycles. The number of hydrogen-bond acceptors (Lipinski definition) is 6. The Morgan fingerprint density at radius 2 is 1.83 bits per heavy atom. The van der Waals surface area contributed by atoms with Crippen LogP contribution in [-0.2, 0) is 14.3 Å². The van der Waals surface area contributed by atoms with Gasteiger partial charge in [0.15, 0.2) is 6.10 Å². The first-order valence-electron chi connectivity index (χ1n) is 8.64. The molecule has 0 aromatic carbocycles. The van der Waals surface area contributed by atoms with Crippen molar-refractivity contribution >= 4 is 12.1 Å². The molecular weight excluding hydrogens is 312 g/mol. The molecule has 1 saturated heterocycles. The Morgan fingerprint density at radius 3 is 2.33 bits per heavy atom. The van der Waals surface area contributed by atoms with Crippen LogP contribution in [-0.4, -0.2) is 66.1 Å². The zero-order valence-corrected chi connectivity index (χ0v) is 15.5. The highest BCUT2D eigenvalue weighted by Crippen LogP contribution is 2.13. The molecule has 140 valence electrons. The van der Waals surface area contributed by atoms with Crippen molar-refractivity contribution in [3.63, 3.8) is 0 Å². The van der Waals surface area contributed by atoms with E-state index in [-0.39, 0.29) is 18.7 Å². The zero-order chi connectivity index (χ0) is 18.3. The lowest BCUT2D eigenvalue weighted by molar-refractivity contribution is -0.164. The number of aliphatic hydroxyl groups excluding tert-OH is 1. The number of amides is 1. The summed E-state index contributed by atoms with van der Waals surface area (Å²) >= 11 is 0. The van der Waals surface area contributed by atoms with Crippen LogP contribution in [0.5, 0.6) is 0 Å². The Bertz CT molecular complexity index is 412. The smallest absolute Gasteiger partial charge is 0.409 e. The summed E-state index contributed by atoms with van der Waals surface area (Å²) in [6.07, 6.45) is 0.0736. The van der Waals surface area contributed by atoms with E-state index in [0.717, 1.165) is 12.8 Å². The van der Waals surface area contributed by atoms with Gasteiger partial charge in [-0.25, -0.2) is 9.59 Å². The second kappa shape index (κ2) is 9.22. The van der Waals surface area contributed by atoms with Crippen LogP contribution in [0.4, 0.5) is 4.79 Å². The van der Waals surface area contributed by atoms with E-state index in [2.05, 4.69) is 5.32 Å². The Labute approximate surface area is 144 Å². The van der Waals surface area contributed by atoms with E-state index in [1.165, 1.54) is 0 Å². The van der Waals surface area contributed by atoms with E-state index >= 15 is 0 Å². The Hall–Kier alpha value is -1.34. The molecule has 7 heteroatoms. The largest absolute Gasteiger partial charge is 0.458 e. The number of hydrogen-bond donors (Lipinski definition) is 2. The van der Waals surface area contributed by atoms with Gasteiger partial charge in [-0.15, -0.1) is 0 Å². The maximum Gasteiger partial charge on any atom is 0.409 e. The Balaban J connectivity index is 2.26. The molecule has 1 unspecified atom stereocenters. The highest BCUT2D eigenvalue weighted by atomic mass is 16.6. The molecule has 0 saturated carbocycles. The van der Waals surface area contributed by atoms with E-state index in [1.807, 2.05) is 13.8 Å². The summed E-state index contributed by atoms with van der Waals surface area (Å²) in [5.41, 5.74) is -0.611. The van der Waals surface area contributed by atoms with Crippen LogP contribution in [0.25, 0.3) is 0 Å². The molecule has 0 bridgehead atoms. The van der Waals surface area contributed by atoms with E-state index in [4.69, 9.17) is 9.47 Å². The molecule has 0 aromatic rings. The summed E-state index contributed by atoms with van der Waals surface area (Å²) in [5, 5.41) is 13.0. The van der Waals surface area contributed by atoms with Gasteiger partial charge >= 0.3 is 12.1 Å². The lowest BCUT2D eigenvalue weighted by Gasteiger charge is -2.32. The van der Waals surface area contributed by atoms with Crippen LogP contribution in [0.3, 0.4) is 0 Å². The monoisotopic (exact) mass is 344 g/mol. The van der Waals surface area contributed by atoms with Crippen LogP contribution < -0.4 is 5.32 Å². The molecule has 2 N–H and O–H groups in total. The van der Waals surface area contributed by atoms with Gasteiger partial charge in [-0.2, -0.15) is 0 Å². The zero-order valence-electron chi connectivity index (χ0n) is 15.5. The molecular formula is C17H32N2O5. The molecule has 1 heterocycles. The summed E-state index contributed by atoms with van der Waals surface area (Å²) in [6, 6.07) is 0.163. The van der Waals surface area contributed by atoms with Crippen molar-refractivity contribution in [2.75, 3.05) is 26.2 Å². The maximum absolute atomic E-state index is 11.9. The highest BCUT2D eigenvalue weighted by molar-refractivity contribution is 5.75. The highest BCUT2D eigenvalue weighted by Gasteiger charge is 2.27. The van der Waals surface area contributed by atoms with E-state index in [1.54, 1.807) is 25.7 Å². The fourth-order valence-electron chi connectivity index (χ4n) is 2.33. The number of piperidine rings is 1. The minimum absolute atomic E-state index is 0.150. The van der Waals surface area contributed by atoms with Crippen LogP contribution in [0, 0.1) is 5.92 Å². The van der Waals surface area contributed by atoms with Crippen LogP contribution in [0.2, 0.25) is 0 Å². The summed E-state index contributed by atoms with van der Waals surface area (Å²) in [6.45, 7) is 11.1. The molecule has 1 atom stereocenters. The quantitative estimate of drug-likeness (QED) is 0.711. The first-order valence-corrected chi connectivity index (χ1v) is 8.64. The molecule has 0 spiro atoms. The molecule has 7 nitrogen and oxygen atoms in total.